The molecule has 6 nitrogen and oxygen atoms in total. The van der Waals surface area contributed by atoms with Gasteiger partial charge in [-0.05, 0) is 30.5 Å². The molecular formula is C16H19ClN4O2. The lowest BCUT2D eigenvalue weighted by Gasteiger charge is -2.38. The van der Waals surface area contributed by atoms with Crippen molar-refractivity contribution in [1.82, 2.24) is 15.1 Å². The highest BCUT2D eigenvalue weighted by Gasteiger charge is 2.36. The number of nitrogens with zero attached hydrogens (tertiary/aromatic N) is 2. The van der Waals surface area contributed by atoms with E-state index in [1.165, 1.54) is 0 Å². The first-order valence-electron chi connectivity index (χ1n) is 7.50. The molecule has 2 amide bonds. The highest BCUT2D eigenvalue weighted by Crippen LogP contribution is 2.33. The molecule has 1 saturated heterocycles. The molecule has 23 heavy (non-hydrogen) atoms. The Kier molecular flexibility index (Phi) is 4.54. The Hall–Kier alpha value is -2.05. The second-order valence-corrected chi connectivity index (χ2v) is 6.09. The van der Waals surface area contributed by atoms with Crippen LogP contribution in [0.5, 0.6) is 0 Å². The Morgan fingerprint density at radius 3 is 2.57 bits per heavy atom. The Labute approximate surface area is 139 Å². The van der Waals surface area contributed by atoms with Crippen LogP contribution in [0.4, 0.5) is 10.6 Å². The lowest BCUT2D eigenvalue weighted by atomic mass is 9.83. The summed E-state index contributed by atoms with van der Waals surface area (Å²) in [6.45, 7) is 1.21. The number of hydrogen-bond acceptors (Lipinski definition) is 3. The van der Waals surface area contributed by atoms with Gasteiger partial charge in [0.05, 0.1) is 5.54 Å². The summed E-state index contributed by atoms with van der Waals surface area (Å²) in [6.07, 6.45) is 3.20. The first-order valence-corrected chi connectivity index (χ1v) is 7.88. The van der Waals surface area contributed by atoms with Crippen LogP contribution in [0.3, 0.4) is 0 Å². The van der Waals surface area contributed by atoms with Crippen molar-refractivity contribution < 1.29 is 9.53 Å². The van der Waals surface area contributed by atoms with E-state index in [2.05, 4.69) is 15.7 Å². The predicted octanol–water partition coefficient (Wildman–Crippen LogP) is 2.90. The minimum atomic E-state index is -0.457. The van der Waals surface area contributed by atoms with Gasteiger partial charge in [0, 0.05) is 37.5 Å². The number of rotatable bonds is 3. The van der Waals surface area contributed by atoms with Crippen LogP contribution in [0.25, 0.3) is 0 Å². The number of anilines is 1. The molecule has 1 fully saturated rings. The molecule has 2 heterocycles. The van der Waals surface area contributed by atoms with Gasteiger partial charge in [-0.15, -0.1) is 0 Å². The Bertz CT molecular complexity index is 678. The van der Waals surface area contributed by atoms with Crippen LogP contribution in [-0.2, 0) is 17.3 Å². The van der Waals surface area contributed by atoms with Crippen LogP contribution < -0.4 is 10.6 Å². The van der Waals surface area contributed by atoms with Crippen LogP contribution in [-0.4, -0.2) is 29.0 Å². The van der Waals surface area contributed by atoms with Gasteiger partial charge >= 0.3 is 6.03 Å². The number of hydrogen-bond donors (Lipinski definition) is 2. The normalized spacial score (nSPS) is 16.8. The van der Waals surface area contributed by atoms with Gasteiger partial charge in [-0.3, -0.25) is 10.00 Å². The number of urea groups is 1. The fourth-order valence-corrected chi connectivity index (χ4v) is 2.95. The molecule has 1 aromatic heterocycles. The molecule has 122 valence electrons. The zero-order valence-electron chi connectivity index (χ0n) is 12.9. The molecule has 3 rings (SSSR count). The van der Waals surface area contributed by atoms with Crippen molar-refractivity contribution in [2.45, 2.75) is 18.4 Å². The number of benzene rings is 1. The molecule has 0 aliphatic carbocycles. The van der Waals surface area contributed by atoms with Crippen molar-refractivity contribution in [2.24, 2.45) is 7.05 Å². The standard InChI is InChI=1S/C16H19ClN4O2/c1-21-9-6-14(20-21)18-15(22)19-16(7-10-23-11-8-16)12-2-4-13(17)5-3-12/h2-6,9H,7-8,10-11H2,1H3,(H2,18,19,20,22). The maximum atomic E-state index is 12.4. The van der Waals surface area contributed by atoms with Gasteiger partial charge in [0.15, 0.2) is 5.82 Å². The minimum Gasteiger partial charge on any atom is -0.381 e. The monoisotopic (exact) mass is 334 g/mol. The van der Waals surface area contributed by atoms with Gasteiger partial charge in [0.2, 0.25) is 0 Å². The first kappa shape index (κ1) is 15.8. The third-order valence-corrected chi connectivity index (χ3v) is 4.30. The minimum absolute atomic E-state index is 0.277. The Morgan fingerprint density at radius 2 is 1.96 bits per heavy atom. The van der Waals surface area contributed by atoms with Crippen LogP contribution in [0.15, 0.2) is 36.5 Å². The number of ether oxygens (including phenoxy) is 1. The number of halogens is 1. The summed E-state index contributed by atoms with van der Waals surface area (Å²) in [6, 6.07) is 9.06. The number of carbonyl (C=O) groups excluding carboxylic acids is 1. The summed E-state index contributed by atoms with van der Waals surface area (Å²) < 4.78 is 7.10. The van der Waals surface area contributed by atoms with E-state index in [-0.39, 0.29) is 6.03 Å². The molecule has 0 atom stereocenters. The van der Waals surface area contributed by atoms with E-state index in [1.54, 1.807) is 24.0 Å². The first-order chi connectivity index (χ1) is 11.1. The van der Waals surface area contributed by atoms with E-state index in [4.69, 9.17) is 16.3 Å². The quantitative estimate of drug-likeness (QED) is 0.906. The summed E-state index contributed by atoms with van der Waals surface area (Å²) in [7, 11) is 1.80. The van der Waals surface area contributed by atoms with Crippen molar-refractivity contribution in [3.8, 4) is 0 Å². The zero-order valence-corrected chi connectivity index (χ0v) is 13.6. The van der Waals surface area contributed by atoms with Crippen LogP contribution in [0.1, 0.15) is 18.4 Å². The summed E-state index contributed by atoms with van der Waals surface area (Å²) in [5.41, 5.74) is 0.572. The molecule has 2 aromatic rings. The van der Waals surface area contributed by atoms with Crippen molar-refractivity contribution in [2.75, 3.05) is 18.5 Å². The molecular weight excluding hydrogens is 316 g/mol. The SMILES string of the molecule is Cn1ccc(NC(=O)NC2(c3ccc(Cl)cc3)CCOCC2)n1. The molecule has 2 N–H and O–H groups in total. The van der Waals surface area contributed by atoms with Crippen molar-refractivity contribution in [3.63, 3.8) is 0 Å². The molecule has 0 radical (unpaired) electrons. The van der Waals surface area contributed by atoms with Crippen molar-refractivity contribution in [3.05, 3.63) is 47.1 Å². The number of nitrogens with one attached hydrogen (secondary N) is 2. The number of aryl methyl sites for hydroxylation is 1. The van der Waals surface area contributed by atoms with Crippen LogP contribution in [0.2, 0.25) is 5.02 Å². The molecule has 7 heteroatoms. The molecule has 0 unspecified atom stereocenters. The van der Waals surface area contributed by atoms with Crippen molar-refractivity contribution in [1.29, 1.82) is 0 Å². The van der Waals surface area contributed by atoms with Gasteiger partial charge in [0.1, 0.15) is 0 Å². The largest absolute Gasteiger partial charge is 0.381 e. The maximum absolute atomic E-state index is 12.4. The molecule has 0 bridgehead atoms. The Morgan fingerprint density at radius 1 is 1.26 bits per heavy atom. The third kappa shape index (κ3) is 3.65. The molecule has 1 aliphatic heterocycles. The third-order valence-electron chi connectivity index (χ3n) is 4.05. The van der Waals surface area contributed by atoms with Crippen LogP contribution in [0, 0.1) is 0 Å². The van der Waals surface area contributed by atoms with Gasteiger partial charge in [-0.2, -0.15) is 5.10 Å². The van der Waals surface area contributed by atoms with Crippen LogP contribution >= 0.6 is 11.6 Å². The molecule has 0 spiro atoms. The molecule has 0 saturated carbocycles. The van der Waals surface area contributed by atoms with E-state index in [9.17, 15) is 4.79 Å². The zero-order chi connectivity index (χ0) is 16.3. The van der Waals surface area contributed by atoms with Gasteiger partial charge in [-0.25, -0.2) is 4.79 Å². The predicted molar refractivity (Wildman–Crippen MR) is 88.5 cm³/mol. The smallest absolute Gasteiger partial charge is 0.321 e. The van der Waals surface area contributed by atoms with Gasteiger partial charge in [0.25, 0.3) is 0 Å². The summed E-state index contributed by atoms with van der Waals surface area (Å²) in [4.78, 5) is 12.4. The average molecular weight is 335 g/mol. The van der Waals surface area contributed by atoms with E-state index >= 15 is 0 Å². The van der Waals surface area contributed by atoms with Crippen molar-refractivity contribution >= 4 is 23.4 Å². The highest BCUT2D eigenvalue weighted by molar-refractivity contribution is 6.30. The van der Waals surface area contributed by atoms with E-state index < -0.39 is 5.54 Å². The highest BCUT2D eigenvalue weighted by atomic mass is 35.5. The van der Waals surface area contributed by atoms with E-state index in [0.29, 0.717) is 36.9 Å². The lowest BCUT2D eigenvalue weighted by molar-refractivity contribution is 0.0418. The van der Waals surface area contributed by atoms with E-state index in [0.717, 1.165) is 5.56 Å². The van der Waals surface area contributed by atoms with E-state index in [1.807, 2.05) is 24.3 Å². The average Bonchev–Trinajstić information content (AvgIpc) is 2.93. The number of amides is 2. The second kappa shape index (κ2) is 6.60. The topological polar surface area (TPSA) is 68.2 Å². The fourth-order valence-electron chi connectivity index (χ4n) is 2.82. The summed E-state index contributed by atoms with van der Waals surface area (Å²) in [5, 5.41) is 10.7. The molecule has 1 aromatic carbocycles. The summed E-state index contributed by atoms with van der Waals surface area (Å²) in [5.74, 6) is 0.517. The molecule has 1 aliphatic rings. The fraction of sp³-hybridized carbons (Fsp3) is 0.375. The van der Waals surface area contributed by atoms with Gasteiger partial charge in [-0.1, -0.05) is 23.7 Å². The second-order valence-electron chi connectivity index (χ2n) is 5.66. The lowest BCUT2D eigenvalue weighted by Crippen LogP contribution is -2.50. The maximum Gasteiger partial charge on any atom is 0.321 e. The summed E-state index contributed by atoms with van der Waals surface area (Å²) >= 11 is 5.98. The Balaban J connectivity index is 1.78. The number of aromatic nitrogens is 2. The number of carbonyl (C=O) groups is 1. The van der Waals surface area contributed by atoms with Gasteiger partial charge < -0.3 is 10.1 Å².